The normalized spacial score (nSPS) is 12.8. The van der Waals surface area contributed by atoms with Crippen molar-refractivity contribution in [1.82, 2.24) is 4.98 Å². The Labute approximate surface area is 99.6 Å². The fraction of sp³-hybridized carbons (Fsp3) is 0.308. The van der Waals surface area contributed by atoms with E-state index in [1.165, 1.54) is 5.56 Å². The van der Waals surface area contributed by atoms with Gasteiger partial charge in [0.25, 0.3) is 0 Å². The van der Waals surface area contributed by atoms with Gasteiger partial charge in [-0.15, -0.1) is 11.3 Å². The molecular formula is C13H15NOS. The lowest BCUT2D eigenvalue weighted by Gasteiger charge is -1.99. The summed E-state index contributed by atoms with van der Waals surface area (Å²) in [6.45, 7) is 5.79. The summed E-state index contributed by atoms with van der Waals surface area (Å²) in [5, 5.41) is 10.6. The Balaban J connectivity index is 2.41. The summed E-state index contributed by atoms with van der Waals surface area (Å²) in [6, 6.07) is 8.29. The molecule has 0 aliphatic rings. The van der Waals surface area contributed by atoms with E-state index in [2.05, 4.69) is 36.2 Å². The number of benzene rings is 1. The fourth-order valence-electron chi connectivity index (χ4n) is 1.62. The molecule has 1 atom stereocenters. The van der Waals surface area contributed by atoms with Gasteiger partial charge in [0.05, 0.1) is 16.7 Å². The number of rotatable bonds is 2. The number of hydrogen-bond donors (Lipinski definition) is 1. The van der Waals surface area contributed by atoms with Gasteiger partial charge in [0, 0.05) is 5.56 Å². The number of thiazole rings is 1. The highest BCUT2D eigenvalue weighted by Gasteiger charge is 2.12. The minimum atomic E-state index is -0.434. The first-order chi connectivity index (χ1) is 7.58. The lowest BCUT2D eigenvalue weighted by Crippen LogP contribution is -1.88. The van der Waals surface area contributed by atoms with E-state index >= 15 is 0 Å². The van der Waals surface area contributed by atoms with Crippen LogP contribution in [0.1, 0.15) is 29.2 Å². The third kappa shape index (κ3) is 2.15. The van der Waals surface area contributed by atoms with Crippen LogP contribution in [-0.4, -0.2) is 10.1 Å². The summed E-state index contributed by atoms with van der Waals surface area (Å²) in [7, 11) is 0. The lowest BCUT2D eigenvalue weighted by atomic mass is 10.2. The van der Waals surface area contributed by atoms with E-state index in [0.29, 0.717) is 0 Å². The van der Waals surface area contributed by atoms with Crippen LogP contribution in [0.2, 0.25) is 0 Å². The summed E-state index contributed by atoms with van der Waals surface area (Å²) < 4.78 is 0. The number of aliphatic hydroxyl groups excluding tert-OH is 1. The van der Waals surface area contributed by atoms with E-state index in [1.807, 2.05) is 6.92 Å². The first-order valence-electron chi connectivity index (χ1n) is 5.30. The van der Waals surface area contributed by atoms with Crippen LogP contribution < -0.4 is 0 Å². The van der Waals surface area contributed by atoms with Crippen molar-refractivity contribution < 1.29 is 5.11 Å². The number of nitrogens with zero attached hydrogens (tertiary/aromatic N) is 1. The smallest absolute Gasteiger partial charge is 0.123 e. The lowest BCUT2D eigenvalue weighted by molar-refractivity contribution is 0.202. The average molecular weight is 233 g/mol. The SMILES string of the molecule is Cc1ccc(-c2nc(C)c([C@@H](C)O)s2)cc1. The molecule has 1 N–H and O–H groups in total. The van der Waals surface area contributed by atoms with Gasteiger partial charge in [0.2, 0.25) is 0 Å². The van der Waals surface area contributed by atoms with Crippen molar-refractivity contribution in [2.75, 3.05) is 0 Å². The van der Waals surface area contributed by atoms with Gasteiger partial charge in [-0.3, -0.25) is 0 Å². The van der Waals surface area contributed by atoms with Crippen molar-refractivity contribution in [3.8, 4) is 10.6 Å². The van der Waals surface area contributed by atoms with Crippen LogP contribution in [-0.2, 0) is 0 Å². The number of hydrogen-bond acceptors (Lipinski definition) is 3. The summed E-state index contributed by atoms with van der Waals surface area (Å²) in [4.78, 5) is 5.44. The van der Waals surface area contributed by atoms with Crippen molar-refractivity contribution >= 4 is 11.3 Å². The first kappa shape index (κ1) is 11.3. The Kier molecular flexibility index (Phi) is 3.08. The van der Waals surface area contributed by atoms with Crippen LogP contribution in [0.4, 0.5) is 0 Å². The Morgan fingerprint density at radius 3 is 2.31 bits per heavy atom. The van der Waals surface area contributed by atoms with Crippen molar-refractivity contribution in [2.24, 2.45) is 0 Å². The van der Waals surface area contributed by atoms with Gasteiger partial charge < -0.3 is 5.11 Å². The maximum Gasteiger partial charge on any atom is 0.123 e. The quantitative estimate of drug-likeness (QED) is 0.861. The van der Waals surface area contributed by atoms with Crippen molar-refractivity contribution in [3.63, 3.8) is 0 Å². The molecule has 1 aromatic carbocycles. The van der Waals surface area contributed by atoms with Crippen molar-refractivity contribution in [3.05, 3.63) is 40.4 Å². The summed E-state index contributed by atoms with van der Waals surface area (Å²) >= 11 is 1.57. The highest BCUT2D eigenvalue weighted by molar-refractivity contribution is 7.15. The minimum absolute atomic E-state index is 0.434. The Bertz CT molecular complexity index is 485. The van der Waals surface area contributed by atoms with Crippen LogP contribution in [0.15, 0.2) is 24.3 Å². The molecule has 0 aliphatic carbocycles. The molecule has 0 unspecified atom stereocenters. The maximum atomic E-state index is 9.58. The molecule has 1 heterocycles. The fourth-order valence-corrected chi connectivity index (χ4v) is 2.62. The first-order valence-corrected chi connectivity index (χ1v) is 6.12. The molecule has 0 aliphatic heterocycles. The molecule has 16 heavy (non-hydrogen) atoms. The maximum absolute atomic E-state index is 9.58. The second kappa shape index (κ2) is 4.36. The van der Waals surface area contributed by atoms with Gasteiger partial charge >= 0.3 is 0 Å². The molecule has 2 aromatic rings. The van der Waals surface area contributed by atoms with E-state index in [4.69, 9.17) is 0 Å². The largest absolute Gasteiger partial charge is 0.388 e. The monoisotopic (exact) mass is 233 g/mol. The van der Waals surface area contributed by atoms with Gasteiger partial charge in [-0.25, -0.2) is 4.98 Å². The molecule has 1 aromatic heterocycles. The zero-order valence-corrected chi connectivity index (χ0v) is 10.5. The predicted octanol–water partition coefficient (Wildman–Crippen LogP) is 3.48. The van der Waals surface area contributed by atoms with Gasteiger partial charge in [-0.05, 0) is 20.8 Å². The molecule has 0 spiro atoms. The topological polar surface area (TPSA) is 33.1 Å². The average Bonchev–Trinajstić information content (AvgIpc) is 2.61. The predicted molar refractivity (Wildman–Crippen MR) is 67.7 cm³/mol. The van der Waals surface area contributed by atoms with E-state index in [-0.39, 0.29) is 0 Å². The Morgan fingerprint density at radius 2 is 1.81 bits per heavy atom. The third-order valence-electron chi connectivity index (χ3n) is 2.51. The number of aryl methyl sites for hydroxylation is 2. The van der Waals surface area contributed by atoms with Gasteiger partial charge in [0.1, 0.15) is 5.01 Å². The molecule has 0 saturated heterocycles. The van der Waals surface area contributed by atoms with E-state index < -0.39 is 6.10 Å². The van der Waals surface area contributed by atoms with Crippen LogP contribution >= 0.6 is 11.3 Å². The molecule has 2 rings (SSSR count). The van der Waals surface area contributed by atoms with Crippen molar-refractivity contribution in [1.29, 1.82) is 0 Å². The highest BCUT2D eigenvalue weighted by Crippen LogP contribution is 2.31. The molecule has 0 bridgehead atoms. The zero-order valence-electron chi connectivity index (χ0n) is 9.69. The summed E-state index contributed by atoms with van der Waals surface area (Å²) in [6.07, 6.45) is -0.434. The Hall–Kier alpha value is -1.19. The molecule has 0 radical (unpaired) electrons. The molecule has 2 nitrogen and oxygen atoms in total. The zero-order chi connectivity index (χ0) is 11.7. The standard InChI is InChI=1S/C13H15NOS/c1-8-4-6-11(7-5-8)13-14-9(2)12(16-13)10(3)15/h4-7,10,15H,1-3H3/t10-/m1/s1. The van der Waals surface area contributed by atoms with Gasteiger partial charge in [-0.2, -0.15) is 0 Å². The highest BCUT2D eigenvalue weighted by atomic mass is 32.1. The molecule has 0 amide bonds. The van der Waals surface area contributed by atoms with Crippen LogP contribution in [0.25, 0.3) is 10.6 Å². The van der Waals surface area contributed by atoms with Gasteiger partial charge in [-0.1, -0.05) is 29.8 Å². The van der Waals surface area contributed by atoms with Crippen LogP contribution in [0.3, 0.4) is 0 Å². The second-order valence-electron chi connectivity index (χ2n) is 4.01. The Morgan fingerprint density at radius 1 is 1.19 bits per heavy atom. The summed E-state index contributed by atoms with van der Waals surface area (Å²) in [5.41, 5.74) is 3.29. The van der Waals surface area contributed by atoms with E-state index in [9.17, 15) is 5.11 Å². The number of aromatic nitrogens is 1. The molecule has 84 valence electrons. The third-order valence-corrected chi connectivity index (χ3v) is 3.89. The second-order valence-corrected chi connectivity index (χ2v) is 5.04. The van der Waals surface area contributed by atoms with Crippen LogP contribution in [0, 0.1) is 13.8 Å². The number of aliphatic hydroxyl groups is 1. The molecule has 3 heteroatoms. The van der Waals surface area contributed by atoms with Gasteiger partial charge in [0.15, 0.2) is 0 Å². The van der Waals surface area contributed by atoms with Crippen molar-refractivity contribution in [2.45, 2.75) is 26.9 Å². The molecular weight excluding hydrogens is 218 g/mol. The summed E-state index contributed by atoms with van der Waals surface area (Å²) in [5.74, 6) is 0. The van der Waals surface area contributed by atoms with E-state index in [1.54, 1.807) is 18.3 Å². The van der Waals surface area contributed by atoms with E-state index in [0.717, 1.165) is 21.1 Å². The minimum Gasteiger partial charge on any atom is -0.388 e. The molecule has 0 fully saturated rings. The van der Waals surface area contributed by atoms with Crippen LogP contribution in [0.5, 0.6) is 0 Å². The molecule has 0 saturated carbocycles.